The van der Waals surface area contributed by atoms with Crippen molar-refractivity contribution in [1.29, 1.82) is 0 Å². The van der Waals surface area contributed by atoms with E-state index in [-0.39, 0.29) is 22.8 Å². The van der Waals surface area contributed by atoms with E-state index in [1.807, 2.05) is 19.1 Å². The summed E-state index contributed by atoms with van der Waals surface area (Å²) in [6.45, 7) is 5.37. The van der Waals surface area contributed by atoms with Crippen molar-refractivity contribution < 1.29 is 13.9 Å². The van der Waals surface area contributed by atoms with Gasteiger partial charge in [0.2, 0.25) is 5.43 Å². The lowest BCUT2D eigenvalue weighted by Gasteiger charge is -2.31. The van der Waals surface area contributed by atoms with E-state index < -0.39 is 0 Å². The summed E-state index contributed by atoms with van der Waals surface area (Å²) in [5.74, 6) is 2.31. The SMILES string of the molecule is COc1c[nH]c(C(=O)NCC2CCN(Cc3ccc(C)o3)CC2)cc1=O. The summed E-state index contributed by atoms with van der Waals surface area (Å²) in [6, 6.07) is 5.28. The second-order valence-electron chi connectivity index (χ2n) is 6.72. The van der Waals surface area contributed by atoms with Gasteiger partial charge in [0.25, 0.3) is 5.91 Å². The first-order valence-corrected chi connectivity index (χ1v) is 8.87. The number of carbonyl (C=O) groups is 1. The number of nitrogens with zero attached hydrogens (tertiary/aromatic N) is 1. The Bertz CT molecular complexity index is 803. The number of amides is 1. The van der Waals surface area contributed by atoms with Crippen LogP contribution < -0.4 is 15.5 Å². The second kappa shape index (κ2) is 8.23. The highest BCUT2D eigenvalue weighted by Crippen LogP contribution is 2.19. The highest BCUT2D eigenvalue weighted by molar-refractivity contribution is 5.92. The Hall–Kier alpha value is -2.54. The number of likely N-dealkylation sites (tertiary alicyclic amines) is 1. The first kappa shape index (κ1) is 18.3. The van der Waals surface area contributed by atoms with Gasteiger partial charge in [-0.3, -0.25) is 14.5 Å². The molecule has 1 saturated heterocycles. The summed E-state index contributed by atoms with van der Waals surface area (Å²) in [5, 5.41) is 2.91. The van der Waals surface area contributed by atoms with Gasteiger partial charge in [-0.1, -0.05) is 0 Å². The zero-order valence-corrected chi connectivity index (χ0v) is 15.2. The molecule has 0 saturated carbocycles. The van der Waals surface area contributed by atoms with E-state index in [0.717, 1.165) is 44.0 Å². The van der Waals surface area contributed by atoms with E-state index in [4.69, 9.17) is 9.15 Å². The van der Waals surface area contributed by atoms with Crippen molar-refractivity contribution in [3.63, 3.8) is 0 Å². The van der Waals surface area contributed by atoms with Crippen LogP contribution in [0.15, 0.2) is 33.6 Å². The van der Waals surface area contributed by atoms with Crippen LogP contribution in [0, 0.1) is 12.8 Å². The number of H-pyrrole nitrogens is 1. The van der Waals surface area contributed by atoms with E-state index in [1.165, 1.54) is 19.4 Å². The van der Waals surface area contributed by atoms with Crippen LogP contribution in [0.4, 0.5) is 0 Å². The zero-order chi connectivity index (χ0) is 18.5. The molecule has 140 valence electrons. The third kappa shape index (κ3) is 4.54. The average molecular weight is 359 g/mol. The van der Waals surface area contributed by atoms with Gasteiger partial charge in [0.05, 0.1) is 13.7 Å². The Morgan fingerprint density at radius 2 is 2.15 bits per heavy atom. The maximum atomic E-state index is 12.2. The minimum absolute atomic E-state index is 0.195. The number of methoxy groups -OCH3 is 1. The van der Waals surface area contributed by atoms with E-state index in [2.05, 4.69) is 15.2 Å². The number of rotatable bonds is 6. The van der Waals surface area contributed by atoms with Gasteiger partial charge in [-0.15, -0.1) is 0 Å². The number of ether oxygens (including phenoxy) is 1. The summed E-state index contributed by atoms with van der Waals surface area (Å²) in [6.07, 6.45) is 3.46. The number of nitrogens with one attached hydrogen (secondary N) is 2. The van der Waals surface area contributed by atoms with Crippen LogP contribution in [0.25, 0.3) is 0 Å². The standard InChI is InChI=1S/C19H25N3O4/c1-13-3-4-15(26-13)12-22-7-5-14(6-8-22)10-21-19(24)16-9-17(23)18(25-2)11-20-16/h3-4,9,11,14H,5-8,10,12H2,1-2H3,(H,20,23)(H,21,24). The molecule has 2 aromatic rings. The van der Waals surface area contributed by atoms with Gasteiger partial charge in [0, 0.05) is 18.8 Å². The fourth-order valence-corrected chi connectivity index (χ4v) is 3.22. The molecule has 2 N–H and O–H groups in total. The molecule has 26 heavy (non-hydrogen) atoms. The molecule has 0 spiro atoms. The molecule has 0 aliphatic carbocycles. The van der Waals surface area contributed by atoms with Crippen molar-refractivity contribution in [2.75, 3.05) is 26.7 Å². The van der Waals surface area contributed by atoms with E-state index in [9.17, 15) is 9.59 Å². The lowest BCUT2D eigenvalue weighted by Crippen LogP contribution is -2.38. The van der Waals surface area contributed by atoms with Crippen molar-refractivity contribution in [3.05, 3.63) is 51.8 Å². The van der Waals surface area contributed by atoms with E-state index in [0.29, 0.717) is 12.5 Å². The molecule has 3 rings (SSSR count). The first-order chi connectivity index (χ1) is 12.5. The number of aromatic nitrogens is 1. The number of furan rings is 1. The zero-order valence-electron chi connectivity index (χ0n) is 15.2. The molecule has 0 unspecified atom stereocenters. The van der Waals surface area contributed by atoms with Gasteiger partial charge in [-0.25, -0.2) is 0 Å². The number of hydrogen-bond donors (Lipinski definition) is 2. The fraction of sp³-hybridized carbons (Fsp3) is 0.474. The van der Waals surface area contributed by atoms with Gasteiger partial charge >= 0.3 is 0 Å². The minimum Gasteiger partial charge on any atom is -0.491 e. The molecule has 1 amide bonds. The monoisotopic (exact) mass is 359 g/mol. The van der Waals surface area contributed by atoms with Crippen molar-refractivity contribution in [2.24, 2.45) is 5.92 Å². The van der Waals surface area contributed by atoms with Crippen LogP contribution >= 0.6 is 0 Å². The lowest BCUT2D eigenvalue weighted by molar-refractivity contribution is 0.0929. The topological polar surface area (TPSA) is 87.6 Å². The molecule has 1 aliphatic heterocycles. The molecular weight excluding hydrogens is 334 g/mol. The van der Waals surface area contributed by atoms with Crippen molar-refractivity contribution in [1.82, 2.24) is 15.2 Å². The molecular formula is C19H25N3O4. The van der Waals surface area contributed by atoms with Gasteiger partial charge in [0.15, 0.2) is 5.75 Å². The molecule has 0 aromatic carbocycles. The third-order valence-corrected chi connectivity index (χ3v) is 4.78. The highest BCUT2D eigenvalue weighted by atomic mass is 16.5. The molecule has 7 heteroatoms. The predicted molar refractivity (Wildman–Crippen MR) is 97.4 cm³/mol. The Labute approximate surface area is 152 Å². The molecule has 0 atom stereocenters. The van der Waals surface area contributed by atoms with Crippen LogP contribution in [-0.4, -0.2) is 42.5 Å². The first-order valence-electron chi connectivity index (χ1n) is 8.87. The van der Waals surface area contributed by atoms with Gasteiger partial charge in [0.1, 0.15) is 17.2 Å². The Morgan fingerprint density at radius 3 is 2.77 bits per heavy atom. The van der Waals surface area contributed by atoms with Gasteiger partial charge in [-0.2, -0.15) is 0 Å². The largest absolute Gasteiger partial charge is 0.491 e. The predicted octanol–water partition coefficient (Wildman–Crippen LogP) is 1.93. The Balaban J connectivity index is 1.44. The average Bonchev–Trinajstić information content (AvgIpc) is 3.05. The Kier molecular flexibility index (Phi) is 5.78. The molecule has 7 nitrogen and oxygen atoms in total. The number of hydrogen-bond acceptors (Lipinski definition) is 5. The van der Waals surface area contributed by atoms with Crippen molar-refractivity contribution >= 4 is 5.91 Å². The molecule has 0 bridgehead atoms. The van der Waals surface area contributed by atoms with Gasteiger partial charge in [-0.05, 0) is 50.9 Å². The molecule has 0 radical (unpaired) electrons. The second-order valence-corrected chi connectivity index (χ2v) is 6.72. The number of aromatic amines is 1. The number of carbonyl (C=O) groups excluding carboxylic acids is 1. The van der Waals surface area contributed by atoms with Crippen LogP contribution in [0.1, 0.15) is 34.9 Å². The molecule has 3 heterocycles. The van der Waals surface area contributed by atoms with Crippen LogP contribution in [0.2, 0.25) is 0 Å². The smallest absolute Gasteiger partial charge is 0.267 e. The summed E-state index contributed by atoms with van der Waals surface area (Å²) in [7, 11) is 1.42. The maximum Gasteiger partial charge on any atom is 0.267 e. The molecule has 1 fully saturated rings. The van der Waals surface area contributed by atoms with E-state index >= 15 is 0 Å². The highest BCUT2D eigenvalue weighted by Gasteiger charge is 2.21. The molecule has 2 aromatic heterocycles. The molecule has 1 aliphatic rings. The number of piperidine rings is 1. The quantitative estimate of drug-likeness (QED) is 0.823. The summed E-state index contributed by atoms with van der Waals surface area (Å²) >= 11 is 0. The Morgan fingerprint density at radius 1 is 1.38 bits per heavy atom. The summed E-state index contributed by atoms with van der Waals surface area (Å²) in [4.78, 5) is 29.1. The maximum absolute atomic E-state index is 12.2. The van der Waals surface area contributed by atoms with E-state index in [1.54, 1.807) is 0 Å². The fourth-order valence-electron chi connectivity index (χ4n) is 3.22. The van der Waals surface area contributed by atoms with Crippen LogP contribution in [-0.2, 0) is 6.54 Å². The number of aryl methyl sites for hydroxylation is 1. The van der Waals surface area contributed by atoms with Gasteiger partial charge < -0.3 is 19.5 Å². The van der Waals surface area contributed by atoms with Crippen molar-refractivity contribution in [3.8, 4) is 5.75 Å². The number of pyridine rings is 1. The minimum atomic E-state index is -0.308. The third-order valence-electron chi connectivity index (χ3n) is 4.78. The van der Waals surface area contributed by atoms with Crippen LogP contribution in [0.3, 0.4) is 0 Å². The van der Waals surface area contributed by atoms with Crippen molar-refractivity contribution in [2.45, 2.75) is 26.3 Å². The normalized spacial score (nSPS) is 15.8. The summed E-state index contributed by atoms with van der Waals surface area (Å²) in [5.41, 5.74) is -0.0562. The lowest BCUT2D eigenvalue weighted by atomic mass is 9.96. The summed E-state index contributed by atoms with van der Waals surface area (Å²) < 4.78 is 10.5. The van der Waals surface area contributed by atoms with Crippen LogP contribution in [0.5, 0.6) is 5.75 Å².